The standard InChI is InChI=1S/C15H21NO3/c1-18-14-7-6-10-8-11(16)9-13(10)12(14)4-3-5-15(17)19-2/h6-7,11H,3-5,8-9,16H2,1-2H3. The summed E-state index contributed by atoms with van der Waals surface area (Å²) in [5.41, 5.74) is 9.87. The smallest absolute Gasteiger partial charge is 0.305 e. The Morgan fingerprint density at radius 3 is 2.84 bits per heavy atom. The summed E-state index contributed by atoms with van der Waals surface area (Å²) in [5, 5.41) is 0. The van der Waals surface area contributed by atoms with Crippen LogP contribution in [0.25, 0.3) is 0 Å². The molecule has 1 unspecified atom stereocenters. The number of carbonyl (C=O) groups is 1. The first-order valence-corrected chi connectivity index (χ1v) is 6.65. The zero-order valence-corrected chi connectivity index (χ0v) is 11.6. The molecule has 1 aromatic rings. The second-order valence-electron chi connectivity index (χ2n) is 4.98. The minimum atomic E-state index is -0.164. The Kier molecular flexibility index (Phi) is 4.43. The van der Waals surface area contributed by atoms with Crippen molar-refractivity contribution in [2.24, 2.45) is 5.73 Å². The van der Waals surface area contributed by atoms with Crippen molar-refractivity contribution in [3.8, 4) is 5.75 Å². The number of methoxy groups -OCH3 is 2. The highest BCUT2D eigenvalue weighted by atomic mass is 16.5. The van der Waals surface area contributed by atoms with E-state index in [4.69, 9.17) is 10.5 Å². The van der Waals surface area contributed by atoms with E-state index in [1.54, 1.807) is 7.11 Å². The first kappa shape index (κ1) is 13.9. The molecule has 1 aliphatic rings. The number of fused-ring (bicyclic) bond motifs is 1. The van der Waals surface area contributed by atoms with Gasteiger partial charge < -0.3 is 15.2 Å². The first-order valence-electron chi connectivity index (χ1n) is 6.65. The molecule has 0 heterocycles. The largest absolute Gasteiger partial charge is 0.496 e. The molecule has 0 saturated heterocycles. The molecule has 0 aromatic heterocycles. The van der Waals surface area contributed by atoms with E-state index < -0.39 is 0 Å². The summed E-state index contributed by atoms with van der Waals surface area (Å²) in [6.07, 6.45) is 3.88. The zero-order chi connectivity index (χ0) is 13.8. The van der Waals surface area contributed by atoms with Crippen molar-refractivity contribution in [2.75, 3.05) is 14.2 Å². The van der Waals surface area contributed by atoms with Crippen LogP contribution >= 0.6 is 0 Å². The van der Waals surface area contributed by atoms with Crippen LogP contribution in [0.2, 0.25) is 0 Å². The van der Waals surface area contributed by atoms with Crippen molar-refractivity contribution >= 4 is 5.97 Å². The van der Waals surface area contributed by atoms with Crippen molar-refractivity contribution < 1.29 is 14.3 Å². The van der Waals surface area contributed by atoms with Crippen LogP contribution < -0.4 is 10.5 Å². The lowest BCUT2D eigenvalue weighted by atomic mass is 9.97. The van der Waals surface area contributed by atoms with Crippen molar-refractivity contribution in [3.63, 3.8) is 0 Å². The summed E-state index contributed by atoms with van der Waals surface area (Å²) in [6.45, 7) is 0. The summed E-state index contributed by atoms with van der Waals surface area (Å²) in [7, 11) is 3.10. The monoisotopic (exact) mass is 263 g/mol. The van der Waals surface area contributed by atoms with E-state index in [0.29, 0.717) is 6.42 Å². The van der Waals surface area contributed by atoms with Gasteiger partial charge in [0.25, 0.3) is 0 Å². The highest BCUT2D eigenvalue weighted by Gasteiger charge is 2.23. The molecule has 2 N–H and O–H groups in total. The van der Waals surface area contributed by atoms with Gasteiger partial charge in [0.1, 0.15) is 5.75 Å². The fraction of sp³-hybridized carbons (Fsp3) is 0.533. The average molecular weight is 263 g/mol. The zero-order valence-electron chi connectivity index (χ0n) is 11.6. The lowest BCUT2D eigenvalue weighted by Crippen LogP contribution is -2.19. The second kappa shape index (κ2) is 6.06. The van der Waals surface area contributed by atoms with E-state index >= 15 is 0 Å². The van der Waals surface area contributed by atoms with E-state index in [1.165, 1.54) is 23.8 Å². The van der Waals surface area contributed by atoms with E-state index in [9.17, 15) is 4.79 Å². The van der Waals surface area contributed by atoms with Gasteiger partial charge in [-0.2, -0.15) is 0 Å². The summed E-state index contributed by atoms with van der Waals surface area (Å²) in [5.74, 6) is 0.737. The maximum absolute atomic E-state index is 11.2. The molecule has 104 valence electrons. The van der Waals surface area contributed by atoms with Crippen LogP contribution in [-0.2, 0) is 28.8 Å². The Morgan fingerprint density at radius 2 is 2.16 bits per heavy atom. The Bertz CT molecular complexity index is 471. The first-order chi connectivity index (χ1) is 9.15. The van der Waals surface area contributed by atoms with Crippen LogP contribution in [0.5, 0.6) is 5.75 Å². The van der Waals surface area contributed by atoms with Crippen molar-refractivity contribution in [1.29, 1.82) is 0 Å². The third kappa shape index (κ3) is 3.07. The molecule has 0 amide bonds. The number of rotatable bonds is 5. The quantitative estimate of drug-likeness (QED) is 0.820. The van der Waals surface area contributed by atoms with Gasteiger partial charge in [-0.1, -0.05) is 6.07 Å². The number of benzene rings is 1. The predicted molar refractivity (Wildman–Crippen MR) is 73.3 cm³/mol. The molecule has 1 aromatic carbocycles. The molecule has 0 fully saturated rings. The molecule has 0 radical (unpaired) electrons. The van der Waals surface area contributed by atoms with Gasteiger partial charge in [-0.3, -0.25) is 4.79 Å². The Labute approximate surface area is 113 Å². The van der Waals surface area contributed by atoms with Gasteiger partial charge in [0.2, 0.25) is 0 Å². The summed E-state index contributed by atoms with van der Waals surface area (Å²) in [6, 6.07) is 4.32. The predicted octanol–water partition coefficient (Wildman–Crippen LogP) is 1.62. The molecule has 1 atom stereocenters. The molecule has 4 nitrogen and oxygen atoms in total. The fourth-order valence-corrected chi connectivity index (χ4v) is 2.76. The molecular weight excluding hydrogens is 242 g/mol. The van der Waals surface area contributed by atoms with E-state index in [2.05, 4.69) is 10.8 Å². The third-order valence-electron chi connectivity index (χ3n) is 3.69. The highest BCUT2D eigenvalue weighted by molar-refractivity contribution is 5.69. The van der Waals surface area contributed by atoms with Gasteiger partial charge in [-0.05, 0) is 48.4 Å². The van der Waals surface area contributed by atoms with Crippen molar-refractivity contribution in [2.45, 2.75) is 38.1 Å². The number of carbonyl (C=O) groups excluding carboxylic acids is 1. The molecule has 1 aliphatic carbocycles. The Hall–Kier alpha value is -1.55. The average Bonchev–Trinajstić information content (AvgIpc) is 2.79. The highest BCUT2D eigenvalue weighted by Crippen LogP contribution is 2.32. The second-order valence-corrected chi connectivity index (χ2v) is 4.98. The summed E-state index contributed by atoms with van der Waals surface area (Å²) < 4.78 is 10.1. The molecular formula is C15H21NO3. The number of nitrogens with two attached hydrogens (primary N) is 1. The van der Waals surface area contributed by atoms with Gasteiger partial charge in [0.15, 0.2) is 0 Å². The Morgan fingerprint density at radius 1 is 1.37 bits per heavy atom. The van der Waals surface area contributed by atoms with Crippen LogP contribution in [0, 0.1) is 0 Å². The van der Waals surface area contributed by atoms with Gasteiger partial charge in [0.05, 0.1) is 14.2 Å². The van der Waals surface area contributed by atoms with Crippen LogP contribution in [0.15, 0.2) is 12.1 Å². The summed E-state index contributed by atoms with van der Waals surface area (Å²) in [4.78, 5) is 11.2. The van der Waals surface area contributed by atoms with Crippen LogP contribution in [0.4, 0.5) is 0 Å². The SMILES string of the molecule is COC(=O)CCCc1c(OC)ccc2c1CC(N)C2. The normalized spacial score (nSPS) is 17.1. The molecule has 0 spiro atoms. The Balaban J connectivity index is 2.14. The third-order valence-corrected chi connectivity index (χ3v) is 3.69. The van der Waals surface area contributed by atoms with E-state index in [-0.39, 0.29) is 12.0 Å². The number of ether oxygens (including phenoxy) is 2. The molecule has 2 rings (SSSR count). The number of hydrogen-bond donors (Lipinski definition) is 1. The fourth-order valence-electron chi connectivity index (χ4n) is 2.76. The van der Waals surface area contributed by atoms with Crippen LogP contribution in [0.1, 0.15) is 29.5 Å². The van der Waals surface area contributed by atoms with Gasteiger partial charge in [-0.25, -0.2) is 0 Å². The lowest BCUT2D eigenvalue weighted by molar-refractivity contribution is -0.140. The van der Waals surface area contributed by atoms with Crippen molar-refractivity contribution in [3.05, 3.63) is 28.8 Å². The van der Waals surface area contributed by atoms with Gasteiger partial charge >= 0.3 is 5.97 Å². The van der Waals surface area contributed by atoms with Crippen molar-refractivity contribution in [1.82, 2.24) is 0 Å². The minimum Gasteiger partial charge on any atom is -0.496 e. The molecule has 19 heavy (non-hydrogen) atoms. The molecule has 0 saturated carbocycles. The molecule has 0 aliphatic heterocycles. The maximum Gasteiger partial charge on any atom is 0.305 e. The van der Waals surface area contributed by atoms with E-state index in [1.807, 2.05) is 6.07 Å². The topological polar surface area (TPSA) is 61.5 Å². The van der Waals surface area contributed by atoms with Crippen LogP contribution in [-0.4, -0.2) is 26.2 Å². The van der Waals surface area contributed by atoms with E-state index in [0.717, 1.165) is 31.4 Å². The van der Waals surface area contributed by atoms with Gasteiger partial charge in [-0.15, -0.1) is 0 Å². The molecule has 0 bridgehead atoms. The summed E-state index contributed by atoms with van der Waals surface area (Å²) >= 11 is 0. The molecule has 4 heteroatoms. The minimum absolute atomic E-state index is 0.164. The van der Waals surface area contributed by atoms with Gasteiger partial charge in [0, 0.05) is 12.5 Å². The number of esters is 1. The maximum atomic E-state index is 11.2. The van der Waals surface area contributed by atoms with Crippen LogP contribution in [0.3, 0.4) is 0 Å². The lowest BCUT2D eigenvalue weighted by Gasteiger charge is -2.13. The number of hydrogen-bond acceptors (Lipinski definition) is 4.